The summed E-state index contributed by atoms with van der Waals surface area (Å²) in [4.78, 5) is 8.09. The maximum atomic E-state index is 9.44. The Bertz CT molecular complexity index is 392. The Hall–Kier alpha value is -0.650. The van der Waals surface area contributed by atoms with Gasteiger partial charge in [-0.15, -0.1) is 11.3 Å². The highest BCUT2D eigenvalue weighted by molar-refractivity contribution is 7.15. The number of nitrogens with zero attached hydrogens (tertiary/aromatic N) is 2. The Morgan fingerprint density at radius 1 is 1.35 bits per heavy atom. The molecule has 2 rings (SSSR count). The molecule has 0 aliphatic heterocycles. The van der Waals surface area contributed by atoms with Gasteiger partial charge in [0.1, 0.15) is 0 Å². The van der Waals surface area contributed by atoms with E-state index in [4.69, 9.17) is 0 Å². The molecule has 20 heavy (non-hydrogen) atoms. The summed E-state index contributed by atoms with van der Waals surface area (Å²) in [6.45, 7) is 7.52. The van der Waals surface area contributed by atoms with Crippen LogP contribution in [0, 0.1) is 5.92 Å². The van der Waals surface area contributed by atoms with Crippen LogP contribution in [0.5, 0.6) is 0 Å². The molecule has 0 amide bonds. The molecule has 1 aromatic heterocycles. The predicted molar refractivity (Wildman–Crippen MR) is 85.3 cm³/mol. The van der Waals surface area contributed by atoms with Gasteiger partial charge >= 0.3 is 0 Å². The van der Waals surface area contributed by atoms with Crippen LogP contribution in [0.3, 0.4) is 0 Å². The lowest BCUT2D eigenvalue weighted by molar-refractivity contribution is 0.152. The molecule has 4 nitrogen and oxygen atoms in total. The van der Waals surface area contributed by atoms with Crippen molar-refractivity contribution in [1.29, 1.82) is 0 Å². The maximum absolute atomic E-state index is 9.44. The minimum absolute atomic E-state index is 0.311. The van der Waals surface area contributed by atoms with E-state index in [1.165, 1.54) is 24.1 Å². The molecule has 0 radical (unpaired) electrons. The van der Waals surface area contributed by atoms with Crippen LogP contribution >= 0.6 is 11.3 Å². The van der Waals surface area contributed by atoms with Gasteiger partial charge in [-0.1, -0.05) is 12.8 Å². The van der Waals surface area contributed by atoms with Crippen molar-refractivity contribution >= 4 is 16.5 Å². The van der Waals surface area contributed by atoms with Gasteiger partial charge in [-0.25, -0.2) is 4.98 Å². The Kier molecular flexibility index (Phi) is 6.26. The summed E-state index contributed by atoms with van der Waals surface area (Å²) in [6, 6.07) is 0.466. The smallest absolute Gasteiger partial charge is 0.185 e. The zero-order valence-corrected chi connectivity index (χ0v) is 13.5. The molecule has 1 aromatic rings. The second kappa shape index (κ2) is 7.96. The van der Waals surface area contributed by atoms with Crippen LogP contribution in [0.1, 0.15) is 44.4 Å². The van der Waals surface area contributed by atoms with Crippen molar-refractivity contribution in [3.05, 3.63) is 11.1 Å². The van der Waals surface area contributed by atoms with Crippen molar-refractivity contribution in [2.24, 2.45) is 5.92 Å². The standard InChI is InChI=1S/C15H27N3OS/c1-3-18(4-2)15-17-10-13(20-15)9-16-14-8-6-5-7-12(14)11-19/h10,12,14,16,19H,3-9,11H2,1-2H3. The van der Waals surface area contributed by atoms with Crippen LogP contribution in [0.25, 0.3) is 0 Å². The van der Waals surface area contributed by atoms with Gasteiger partial charge in [0.15, 0.2) is 5.13 Å². The first-order chi connectivity index (χ1) is 9.78. The summed E-state index contributed by atoms with van der Waals surface area (Å²) in [5.41, 5.74) is 0. The lowest BCUT2D eigenvalue weighted by atomic mass is 9.85. The van der Waals surface area contributed by atoms with Crippen molar-refractivity contribution in [3.8, 4) is 0 Å². The van der Waals surface area contributed by atoms with E-state index in [-0.39, 0.29) is 0 Å². The molecule has 2 atom stereocenters. The molecule has 1 heterocycles. The van der Waals surface area contributed by atoms with E-state index >= 15 is 0 Å². The zero-order chi connectivity index (χ0) is 14.4. The van der Waals surface area contributed by atoms with E-state index in [1.54, 1.807) is 11.3 Å². The molecule has 1 fully saturated rings. The average Bonchev–Trinajstić information content (AvgIpc) is 2.95. The maximum Gasteiger partial charge on any atom is 0.185 e. The van der Waals surface area contributed by atoms with Gasteiger partial charge in [-0.05, 0) is 32.6 Å². The highest BCUT2D eigenvalue weighted by Crippen LogP contribution is 2.26. The minimum atomic E-state index is 0.311. The average molecular weight is 297 g/mol. The van der Waals surface area contributed by atoms with Gasteiger partial charge in [-0.2, -0.15) is 0 Å². The molecular formula is C15H27N3OS. The first-order valence-corrected chi connectivity index (χ1v) is 8.64. The molecule has 1 saturated carbocycles. The highest BCUT2D eigenvalue weighted by Gasteiger charge is 2.24. The Morgan fingerprint density at radius 2 is 2.10 bits per heavy atom. The molecule has 0 saturated heterocycles. The van der Waals surface area contributed by atoms with Crippen LogP contribution in [0.4, 0.5) is 5.13 Å². The van der Waals surface area contributed by atoms with Crippen molar-refractivity contribution in [2.75, 3.05) is 24.6 Å². The molecular weight excluding hydrogens is 270 g/mol. The van der Waals surface area contributed by atoms with Crippen LogP contribution in [-0.4, -0.2) is 35.8 Å². The Labute approximate surface area is 126 Å². The second-order valence-electron chi connectivity index (χ2n) is 5.50. The third kappa shape index (κ3) is 3.93. The van der Waals surface area contributed by atoms with Gasteiger partial charge < -0.3 is 15.3 Å². The van der Waals surface area contributed by atoms with Crippen molar-refractivity contribution in [1.82, 2.24) is 10.3 Å². The van der Waals surface area contributed by atoms with E-state index in [0.29, 0.717) is 18.6 Å². The number of hydrogen-bond donors (Lipinski definition) is 2. The molecule has 0 bridgehead atoms. The number of aliphatic hydroxyl groups excluding tert-OH is 1. The quantitative estimate of drug-likeness (QED) is 0.812. The summed E-state index contributed by atoms with van der Waals surface area (Å²) < 4.78 is 0. The third-order valence-corrected chi connectivity index (χ3v) is 5.32. The van der Waals surface area contributed by atoms with E-state index in [1.807, 2.05) is 6.20 Å². The van der Waals surface area contributed by atoms with Gasteiger partial charge in [0.05, 0.1) is 0 Å². The van der Waals surface area contributed by atoms with Crippen LogP contribution in [0.2, 0.25) is 0 Å². The molecule has 1 aliphatic rings. The highest BCUT2D eigenvalue weighted by atomic mass is 32.1. The van der Waals surface area contributed by atoms with Crippen molar-refractivity contribution in [2.45, 2.75) is 52.1 Å². The van der Waals surface area contributed by atoms with Gasteiger partial charge in [-0.3, -0.25) is 0 Å². The number of rotatable bonds is 7. The van der Waals surface area contributed by atoms with Gasteiger partial charge in [0.2, 0.25) is 0 Å². The molecule has 5 heteroatoms. The number of thiazole rings is 1. The fraction of sp³-hybridized carbons (Fsp3) is 0.800. The zero-order valence-electron chi connectivity index (χ0n) is 12.6. The molecule has 1 aliphatic carbocycles. The van der Waals surface area contributed by atoms with E-state index < -0.39 is 0 Å². The molecule has 0 aromatic carbocycles. The molecule has 114 valence electrons. The number of aliphatic hydroxyl groups is 1. The predicted octanol–water partition coefficient (Wildman–Crippen LogP) is 2.63. The Morgan fingerprint density at radius 3 is 2.80 bits per heavy atom. The fourth-order valence-electron chi connectivity index (χ4n) is 2.95. The van der Waals surface area contributed by atoms with Crippen LogP contribution in [0.15, 0.2) is 6.20 Å². The molecule has 0 spiro atoms. The minimum Gasteiger partial charge on any atom is -0.396 e. The summed E-state index contributed by atoms with van der Waals surface area (Å²) in [5.74, 6) is 0.430. The second-order valence-corrected chi connectivity index (χ2v) is 6.59. The van der Waals surface area contributed by atoms with Gasteiger partial charge in [0.25, 0.3) is 0 Å². The monoisotopic (exact) mass is 297 g/mol. The number of anilines is 1. The summed E-state index contributed by atoms with van der Waals surface area (Å²) in [5, 5.41) is 14.2. The normalized spacial score (nSPS) is 22.9. The van der Waals surface area contributed by atoms with Crippen molar-refractivity contribution in [3.63, 3.8) is 0 Å². The molecule has 2 N–H and O–H groups in total. The molecule has 2 unspecified atom stereocenters. The lowest BCUT2D eigenvalue weighted by Gasteiger charge is -2.30. The lowest BCUT2D eigenvalue weighted by Crippen LogP contribution is -2.39. The van der Waals surface area contributed by atoms with Crippen molar-refractivity contribution < 1.29 is 5.11 Å². The first kappa shape index (κ1) is 15.7. The van der Waals surface area contributed by atoms with Crippen LogP contribution in [-0.2, 0) is 6.54 Å². The fourth-order valence-corrected chi connectivity index (χ4v) is 3.93. The topological polar surface area (TPSA) is 48.4 Å². The largest absolute Gasteiger partial charge is 0.396 e. The number of hydrogen-bond acceptors (Lipinski definition) is 5. The SMILES string of the molecule is CCN(CC)c1ncc(CNC2CCCCC2CO)s1. The Balaban J connectivity index is 1.87. The van der Waals surface area contributed by atoms with E-state index in [0.717, 1.165) is 31.2 Å². The van der Waals surface area contributed by atoms with Gasteiger partial charge in [0, 0.05) is 43.4 Å². The summed E-state index contributed by atoms with van der Waals surface area (Å²) in [7, 11) is 0. The summed E-state index contributed by atoms with van der Waals surface area (Å²) in [6.07, 6.45) is 6.87. The van der Waals surface area contributed by atoms with Crippen LogP contribution < -0.4 is 10.2 Å². The number of aromatic nitrogens is 1. The van der Waals surface area contributed by atoms with E-state index in [9.17, 15) is 5.11 Å². The third-order valence-electron chi connectivity index (χ3n) is 4.26. The number of nitrogens with one attached hydrogen (secondary N) is 1. The summed E-state index contributed by atoms with van der Waals surface area (Å²) >= 11 is 1.78. The van der Waals surface area contributed by atoms with E-state index in [2.05, 4.69) is 29.0 Å². The first-order valence-electron chi connectivity index (χ1n) is 7.82.